The Morgan fingerprint density at radius 2 is 2.37 bits per heavy atom. The normalized spacial score (nSPS) is 29.5. The molecule has 4 nitrogen and oxygen atoms in total. The summed E-state index contributed by atoms with van der Waals surface area (Å²) in [5.41, 5.74) is 1.00. The number of aryl methyl sites for hydroxylation is 1. The molecule has 102 valence electrons. The average Bonchev–Trinajstić information content (AvgIpc) is 3.01. The molecule has 0 aliphatic carbocycles. The van der Waals surface area contributed by atoms with Crippen molar-refractivity contribution in [2.24, 2.45) is 11.8 Å². The van der Waals surface area contributed by atoms with Gasteiger partial charge in [-0.05, 0) is 37.3 Å². The molecule has 3 heterocycles. The minimum absolute atomic E-state index is 0.285. The van der Waals surface area contributed by atoms with Crippen molar-refractivity contribution in [1.82, 2.24) is 15.2 Å². The summed E-state index contributed by atoms with van der Waals surface area (Å²) in [7, 11) is 0. The number of hydrogen-bond donors (Lipinski definition) is 1. The van der Waals surface area contributed by atoms with Gasteiger partial charge in [0.15, 0.2) is 0 Å². The van der Waals surface area contributed by atoms with E-state index >= 15 is 0 Å². The molecule has 19 heavy (non-hydrogen) atoms. The predicted octanol–water partition coefficient (Wildman–Crippen LogP) is 1.08. The molecule has 4 heteroatoms. The van der Waals surface area contributed by atoms with Gasteiger partial charge in [0.2, 0.25) is 5.91 Å². The van der Waals surface area contributed by atoms with Crippen molar-refractivity contribution in [3.8, 4) is 0 Å². The molecule has 2 saturated heterocycles. The maximum absolute atomic E-state index is 12.3. The minimum atomic E-state index is 0.285. The third-order valence-electron chi connectivity index (χ3n) is 4.58. The Bertz CT molecular complexity index is 448. The van der Waals surface area contributed by atoms with Crippen molar-refractivity contribution < 1.29 is 4.79 Å². The Morgan fingerprint density at radius 3 is 3.11 bits per heavy atom. The maximum atomic E-state index is 12.3. The highest BCUT2D eigenvalue weighted by atomic mass is 16.2. The van der Waals surface area contributed by atoms with Gasteiger partial charge in [-0.1, -0.05) is 6.07 Å². The Hall–Kier alpha value is -1.42. The summed E-state index contributed by atoms with van der Waals surface area (Å²) in [6, 6.07) is 6.25. The molecule has 0 aromatic carbocycles. The number of amides is 1. The van der Waals surface area contributed by atoms with E-state index in [1.165, 1.54) is 0 Å². The Labute approximate surface area is 114 Å². The Morgan fingerprint density at radius 1 is 1.47 bits per heavy atom. The van der Waals surface area contributed by atoms with Crippen molar-refractivity contribution >= 4 is 5.91 Å². The standard InChI is InChI=1S/C15H21N3O/c1-11-14-9-16-8-12(14)10-18(11)15(19)6-5-13-4-2-3-7-17-13/h2-4,7,11-12,14,16H,5-6,8-10H2,1H3. The van der Waals surface area contributed by atoms with Crippen LogP contribution in [0.15, 0.2) is 24.4 Å². The van der Waals surface area contributed by atoms with Crippen LogP contribution in [0.3, 0.4) is 0 Å². The first-order valence-corrected chi connectivity index (χ1v) is 7.16. The number of aromatic nitrogens is 1. The SMILES string of the molecule is CC1C2CNCC2CN1C(=O)CCc1ccccn1. The molecule has 3 rings (SSSR count). The molecule has 0 saturated carbocycles. The second kappa shape index (κ2) is 5.29. The van der Waals surface area contributed by atoms with Crippen LogP contribution in [0.2, 0.25) is 0 Å². The molecule has 2 fully saturated rings. The lowest BCUT2D eigenvalue weighted by atomic mass is 9.95. The van der Waals surface area contributed by atoms with Crippen LogP contribution in [0.5, 0.6) is 0 Å². The second-order valence-electron chi connectivity index (χ2n) is 5.69. The fraction of sp³-hybridized carbons (Fsp3) is 0.600. The van der Waals surface area contributed by atoms with Crippen molar-refractivity contribution in [2.45, 2.75) is 25.8 Å². The van der Waals surface area contributed by atoms with E-state index in [1.54, 1.807) is 6.20 Å². The van der Waals surface area contributed by atoms with E-state index in [2.05, 4.69) is 22.1 Å². The molecule has 1 N–H and O–H groups in total. The largest absolute Gasteiger partial charge is 0.339 e. The number of rotatable bonds is 3. The number of carbonyl (C=O) groups excluding carboxylic acids is 1. The molecule has 3 unspecified atom stereocenters. The minimum Gasteiger partial charge on any atom is -0.339 e. The van der Waals surface area contributed by atoms with Gasteiger partial charge in [0.05, 0.1) is 0 Å². The number of nitrogens with one attached hydrogen (secondary N) is 1. The van der Waals surface area contributed by atoms with Crippen LogP contribution < -0.4 is 5.32 Å². The van der Waals surface area contributed by atoms with E-state index in [9.17, 15) is 4.79 Å². The van der Waals surface area contributed by atoms with Crippen LogP contribution in [0, 0.1) is 11.8 Å². The zero-order chi connectivity index (χ0) is 13.2. The lowest BCUT2D eigenvalue weighted by Crippen LogP contribution is -2.38. The van der Waals surface area contributed by atoms with Crippen molar-refractivity contribution in [3.05, 3.63) is 30.1 Å². The highest BCUT2D eigenvalue weighted by molar-refractivity contribution is 5.77. The van der Waals surface area contributed by atoms with Gasteiger partial charge in [0.25, 0.3) is 0 Å². The number of pyridine rings is 1. The first kappa shape index (κ1) is 12.6. The summed E-state index contributed by atoms with van der Waals surface area (Å²) in [5, 5.41) is 3.42. The summed E-state index contributed by atoms with van der Waals surface area (Å²) >= 11 is 0. The molecule has 1 amide bonds. The van der Waals surface area contributed by atoms with E-state index in [4.69, 9.17) is 0 Å². The molecule has 3 atom stereocenters. The third kappa shape index (κ3) is 2.50. The zero-order valence-electron chi connectivity index (χ0n) is 11.4. The lowest BCUT2D eigenvalue weighted by molar-refractivity contribution is -0.132. The van der Waals surface area contributed by atoms with Gasteiger partial charge >= 0.3 is 0 Å². The molecule has 0 bridgehead atoms. The fourth-order valence-electron chi connectivity index (χ4n) is 3.42. The van der Waals surface area contributed by atoms with Gasteiger partial charge in [0, 0.05) is 44.0 Å². The summed E-state index contributed by atoms with van der Waals surface area (Å²) in [6.07, 6.45) is 3.11. The van der Waals surface area contributed by atoms with E-state index < -0.39 is 0 Å². The van der Waals surface area contributed by atoms with Crippen LogP contribution in [-0.4, -0.2) is 41.5 Å². The number of nitrogens with zero attached hydrogens (tertiary/aromatic N) is 2. The number of hydrogen-bond acceptors (Lipinski definition) is 3. The molecular weight excluding hydrogens is 238 g/mol. The average molecular weight is 259 g/mol. The summed E-state index contributed by atoms with van der Waals surface area (Å²) < 4.78 is 0. The van der Waals surface area contributed by atoms with E-state index in [1.807, 2.05) is 18.2 Å². The quantitative estimate of drug-likeness (QED) is 0.883. The van der Waals surface area contributed by atoms with Crippen molar-refractivity contribution in [3.63, 3.8) is 0 Å². The lowest BCUT2D eigenvalue weighted by Gasteiger charge is -2.24. The van der Waals surface area contributed by atoms with E-state index in [0.29, 0.717) is 24.3 Å². The molecule has 0 spiro atoms. The maximum Gasteiger partial charge on any atom is 0.223 e. The van der Waals surface area contributed by atoms with Gasteiger partial charge in [-0.15, -0.1) is 0 Å². The highest BCUT2D eigenvalue weighted by Crippen LogP contribution is 2.32. The van der Waals surface area contributed by atoms with Crippen LogP contribution in [-0.2, 0) is 11.2 Å². The number of carbonyl (C=O) groups is 1. The molecule has 1 aromatic heterocycles. The van der Waals surface area contributed by atoms with E-state index in [-0.39, 0.29) is 5.91 Å². The van der Waals surface area contributed by atoms with Crippen LogP contribution >= 0.6 is 0 Å². The van der Waals surface area contributed by atoms with Crippen LogP contribution in [0.1, 0.15) is 19.0 Å². The third-order valence-corrected chi connectivity index (χ3v) is 4.58. The topological polar surface area (TPSA) is 45.2 Å². The second-order valence-corrected chi connectivity index (χ2v) is 5.69. The first-order valence-electron chi connectivity index (χ1n) is 7.16. The smallest absolute Gasteiger partial charge is 0.223 e. The Balaban J connectivity index is 1.56. The van der Waals surface area contributed by atoms with Gasteiger partial charge in [-0.3, -0.25) is 9.78 Å². The fourth-order valence-corrected chi connectivity index (χ4v) is 3.42. The monoisotopic (exact) mass is 259 g/mol. The first-order chi connectivity index (χ1) is 9.25. The predicted molar refractivity (Wildman–Crippen MR) is 73.6 cm³/mol. The molecule has 2 aliphatic heterocycles. The van der Waals surface area contributed by atoms with Gasteiger partial charge < -0.3 is 10.2 Å². The van der Waals surface area contributed by atoms with Gasteiger partial charge in [-0.2, -0.15) is 0 Å². The molecule has 2 aliphatic rings. The summed E-state index contributed by atoms with van der Waals surface area (Å²) in [5.74, 6) is 1.60. The van der Waals surface area contributed by atoms with Gasteiger partial charge in [-0.25, -0.2) is 0 Å². The number of fused-ring (bicyclic) bond motifs is 1. The molecule has 0 radical (unpaired) electrons. The van der Waals surface area contributed by atoms with Crippen molar-refractivity contribution in [1.29, 1.82) is 0 Å². The molecular formula is C15H21N3O. The van der Waals surface area contributed by atoms with Gasteiger partial charge in [0.1, 0.15) is 0 Å². The van der Waals surface area contributed by atoms with Crippen molar-refractivity contribution in [2.75, 3.05) is 19.6 Å². The highest BCUT2D eigenvalue weighted by Gasteiger charge is 2.43. The molecule has 1 aromatic rings. The summed E-state index contributed by atoms with van der Waals surface area (Å²) in [6.45, 7) is 5.26. The number of likely N-dealkylation sites (tertiary alicyclic amines) is 1. The zero-order valence-corrected chi connectivity index (χ0v) is 11.4. The van der Waals surface area contributed by atoms with Crippen LogP contribution in [0.4, 0.5) is 0 Å². The van der Waals surface area contributed by atoms with E-state index in [0.717, 1.165) is 31.7 Å². The Kier molecular flexibility index (Phi) is 3.51. The van der Waals surface area contributed by atoms with Crippen LogP contribution in [0.25, 0.3) is 0 Å². The summed E-state index contributed by atoms with van der Waals surface area (Å²) in [4.78, 5) is 18.7.